The molecule has 1 heterocycles. The van der Waals surface area contributed by atoms with Gasteiger partial charge in [-0.15, -0.1) is 0 Å². The zero-order chi connectivity index (χ0) is 16.9. The molecule has 0 radical (unpaired) electrons. The first kappa shape index (κ1) is 16.2. The van der Waals surface area contributed by atoms with Crippen LogP contribution in [-0.2, 0) is 6.54 Å². The third kappa shape index (κ3) is 4.22. The molecule has 0 bridgehead atoms. The van der Waals surface area contributed by atoms with Gasteiger partial charge in [0.2, 0.25) is 0 Å². The minimum atomic E-state index is -0.447. The van der Waals surface area contributed by atoms with Crippen LogP contribution in [0.15, 0.2) is 36.5 Å². The number of halogens is 1. The summed E-state index contributed by atoms with van der Waals surface area (Å²) < 4.78 is 18.5. The van der Waals surface area contributed by atoms with Crippen LogP contribution in [0.3, 0.4) is 0 Å². The summed E-state index contributed by atoms with van der Waals surface area (Å²) in [5.41, 5.74) is 1.14. The van der Waals surface area contributed by atoms with Crippen molar-refractivity contribution in [1.29, 1.82) is 0 Å². The summed E-state index contributed by atoms with van der Waals surface area (Å²) in [5.74, 6) is 1.03. The van der Waals surface area contributed by atoms with Gasteiger partial charge in [0.1, 0.15) is 5.82 Å². The predicted molar refractivity (Wildman–Crippen MR) is 89.6 cm³/mol. The molecule has 0 aliphatic heterocycles. The smallest absolute Gasteiger partial charge is 0.253 e. The molecular formula is C18H20FN3O2. The van der Waals surface area contributed by atoms with E-state index < -0.39 is 5.82 Å². The van der Waals surface area contributed by atoms with E-state index in [0.717, 1.165) is 18.3 Å². The number of rotatable bonds is 7. The number of carbonyl (C=O) groups excluding carboxylic acids is 1. The molecule has 126 valence electrons. The van der Waals surface area contributed by atoms with E-state index in [2.05, 4.69) is 15.6 Å². The number of nitrogens with one attached hydrogen (secondary N) is 2. The van der Waals surface area contributed by atoms with Crippen molar-refractivity contribution in [2.75, 3.05) is 19.0 Å². The Balaban J connectivity index is 1.53. The van der Waals surface area contributed by atoms with Crippen LogP contribution in [0.5, 0.6) is 5.75 Å². The highest BCUT2D eigenvalue weighted by molar-refractivity contribution is 5.94. The van der Waals surface area contributed by atoms with E-state index in [9.17, 15) is 9.18 Å². The third-order valence-corrected chi connectivity index (χ3v) is 3.96. The topological polar surface area (TPSA) is 63.2 Å². The van der Waals surface area contributed by atoms with Crippen molar-refractivity contribution in [3.63, 3.8) is 0 Å². The van der Waals surface area contributed by atoms with Crippen molar-refractivity contribution >= 4 is 11.7 Å². The third-order valence-electron chi connectivity index (χ3n) is 3.96. The van der Waals surface area contributed by atoms with Crippen molar-refractivity contribution in [2.24, 2.45) is 5.92 Å². The molecule has 0 spiro atoms. The first-order chi connectivity index (χ1) is 11.7. The Bertz CT molecular complexity index is 715. The highest BCUT2D eigenvalue weighted by Gasteiger charge is 2.20. The van der Waals surface area contributed by atoms with Crippen molar-refractivity contribution in [1.82, 2.24) is 10.3 Å². The highest BCUT2D eigenvalue weighted by atomic mass is 19.1. The molecule has 1 fully saturated rings. The Labute approximate surface area is 140 Å². The van der Waals surface area contributed by atoms with E-state index in [0.29, 0.717) is 11.1 Å². The van der Waals surface area contributed by atoms with Gasteiger partial charge in [-0.1, -0.05) is 6.07 Å². The lowest BCUT2D eigenvalue weighted by molar-refractivity contribution is 0.0950. The van der Waals surface area contributed by atoms with Gasteiger partial charge in [0.25, 0.3) is 5.91 Å². The second kappa shape index (κ2) is 7.29. The average Bonchev–Trinajstić information content (AvgIpc) is 3.43. The van der Waals surface area contributed by atoms with Crippen LogP contribution in [0.25, 0.3) is 0 Å². The molecule has 0 unspecified atom stereocenters. The standard InChI is InChI=1S/C18H20FN3O2/c1-24-16-6-4-13(8-15(16)19)10-22-18(23)14-5-7-17(21-11-14)20-9-12-2-3-12/h4-8,11-12H,2-3,9-10H2,1H3,(H,20,21)(H,22,23). The number of anilines is 1. The molecule has 1 aliphatic carbocycles. The number of carbonyl (C=O) groups is 1. The molecule has 1 aromatic carbocycles. The molecule has 0 saturated heterocycles. The second-order valence-corrected chi connectivity index (χ2v) is 5.91. The Hall–Kier alpha value is -2.63. The van der Waals surface area contributed by atoms with Crippen molar-refractivity contribution < 1.29 is 13.9 Å². The van der Waals surface area contributed by atoms with Gasteiger partial charge in [-0.05, 0) is 48.6 Å². The van der Waals surface area contributed by atoms with E-state index in [1.54, 1.807) is 30.5 Å². The first-order valence-corrected chi connectivity index (χ1v) is 7.96. The molecule has 1 aromatic heterocycles. The Morgan fingerprint density at radius 1 is 1.33 bits per heavy atom. The summed E-state index contributed by atoms with van der Waals surface area (Å²) in [4.78, 5) is 16.4. The van der Waals surface area contributed by atoms with Crippen LogP contribution in [-0.4, -0.2) is 24.5 Å². The summed E-state index contributed by atoms with van der Waals surface area (Å²) in [6.07, 6.45) is 4.10. The summed E-state index contributed by atoms with van der Waals surface area (Å²) in [7, 11) is 1.41. The van der Waals surface area contributed by atoms with Gasteiger partial charge in [-0.25, -0.2) is 9.37 Å². The van der Waals surface area contributed by atoms with Gasteiger partial charge in [-0.3, -0.25) is 4.79 Å². The fourth-order valence-corrected chi connectivity index (χ4v) is 2.31. The molecule has 5 nitrogen and oxygen atoms in total. The molecule has 0 atom stereocenters. The number of methoxy groups -OCH3 is 1. The van der Waals surface area contributed by atoms with E-state index in [-0.39, 0.29) is 18.2 Å². The van der Waals surface area contributed by atoms with Crippen LogP contribution in [0, 0.1) is 11.7 Å². The summed E-state index contributed by atoms with van der Waals surface area (Å²) in [6, 6.07) is 8.13. The van der Waals surface area contributed by atoms with E-state index in [4.69, 9.17) is 4.74 Å². The van der Waals surface area contributed by atoms with E-state index in [1.807, 2.05) is 0 Å². The number of ether oxygens (including phenoxy) is 1. The highest BCUT2D eigenvalue weighted by Crippen LogP contribution is 2.28. The van der Waals surface area contributed by atoms with Crippen molar-refractivity contribution in [2.45, 2.75) is 19.4 Å². The van der Waals surface area contributed by atoms with Crippen molar-refractivity contribution in [3.8, 4) is 5.75 Å². The fourth-order valence-electron chi connectivity index (χ4n) is 2.31. The summed E-state index contributed by atoms with van der Waals surface area (Å²) in [5, 5.41) is 6.00. The molecule has 1 aliphatic rings. The van der Waals surface area contributed by atoms with Crippen LogP contribution < -0.4 is 15.4 Å². The largest absolute Gasteiger partial charge is 0.494 e. The van der Waals surface area contributed by atoms with Crippen molar-refractivity contribution in [3.05, 3.63) is 53.5 Å². The summed E-state index contributed by atoms with van der Waals surface area (Å²) in [6.45, 7) is 1.17. The zero-order valence-electron chi connectivity index (χ0n) is 13.5. The van der Waals surface area contributed by atoms with E-state index in [1.165, 1.54) is 26.0 Å². The SMILES string of the molecule is COc1ccc(CNC(=O)c2ccc(NCC3CC3)nc2)cc1F. The molecule has 2 aromatic rings. The van der Waals surface area contributed by atoms with Crippen LogP contribution >= 0.6 is 0 Å². The van der Waals surface area contributed by atoms with Gasteiger partial charge in [0.05, 0.1) is 12.7 Å². The molecule has 1 saturated carbocycles. The van der Waals surface area contributed by atoms with Gasteiger partial charge < -0.3 is 15.4 Å². The normalized spacial score (nSPS) is 13.4. The minimum Gasteiger partial charge on any atom is -0.494 e. The lowest BCUT2D eigenvalue weighted by Crippen LogP contribution is -2.23. The number of benzene rings is 1. The zero-order valence-corrected chi connectivity index (χ0v) is 13.5. The molecule has 2 N–H and O–H groups in total. The Morgan fingerprint density at radius 3 is 2.79 bits per heavy atom. The van der Waals surface area contributed by atoms with Gasteiger partial charge in [0, 0.05) is 19.3 Å². The minimum absolute atomic E-state index is 0.184. The number of nitrogens with zero attached hydrogens (tertiary/aromatic N) is 1. The summed E-state index contributed by atoms with van der Waals surface area (Å²) >= 11 is 0. The monoisotopic (exact) mass is 329 g/mol. The maximum atomic E-state index is 13.6. The average molecular weight is 329 g/mol. The number of aromatic nitrogens is 1. The predicted octanol–water partition coefficient (Wildman–Crippen LogP) is 2.98. The quantitative estimate of drug-likeness (QED) is 0.820. The molecular weight excluding hydrogens is 309 g/mol. The maximum Gasteiger partial charge on any atom is 0.253 e. The first-order valence-electron chi connectivity index (χ1n) is 7.96. The van der Waals surface area contributed by atoms with Crippen LogP contribution in [0.4, 0.5) is 10.2 Å². The number of pyridine rings is 1. The lowest BCUT2D eigenvalue weighted by Gasteiger charge is -2.08. The Kier molecular flexibility index (Phi) is 4.93. The maximum absolute atomic E-state index is 13.6. The molecule has 24 heavy (non-hydrogen) atoms. The van der Waals surface area contributed by atoms with Crippen LogP contribution in [0.1, 0.15) is 28.8 Å². The molecule has 6 heteroatoms. The molecule has 1 amide bonds. The number of amides is 1. The van der Waals surface area contributed by atoms with Gasteiger partial charge in [0.15, 0.2) is 11.6 Å². The van der Waals surface area contributed by atoms with E-state index >= 15 is 0 Å². The van der Waals surface area contributed by atoms with Gasteiger partial charge in [-0.2, -0.15) is 0 Å². The Morgan fingerprint density at radius 2 is 2.17 bits per heavy atom. The van der Waals surface area contributed by atoms with Gasteiger partial charge >= 0.3 is 0 Å². The number of hydrogen-bond donors (Lipinski definition) is 2. The second-order valence-electron chi connectivity index (χ2n) is 5.91. The fraction of sp³-hybridized carbons (Fsp3) is 0.333. The lowest BCUT2D eigenvalue weighted by atomic mass is 10.2. The number of hydrogen-bond acceptors (Lipinski definition) is 4. The molecule has 3 rings (SSSR count). The van der Waals surface area contributed by atoms with Crippen LogP contribution in [0.2, 0.25) is 0 Å².